The molecule has 2 aromatic carbocycles. The largest absolute Gasteiger partial charge is 0.508 e. The molecule has 3 aromatic rings. The topological polar surface area (TPSA) is 50.4 Å². The Kier molecular flexibility index (Phi) is 3.21. The van der Waals surface area contributed by atoms with E-state index in [1.807, 2.05) is 36.4 Å². The van der Waals surface area contributed by atoms with Gasteiger partial charge in [-0.15, -0.1) is 0 Å². The molecule has 1 aromatic heterocycles. The zero-order valence-corrected chi connectivity index (χ0v) is 11.2. The maximum Gasteiger partial charge on any atom is 0.230 e. The summed E-state index contributed by atoms with van der Waals surface area (Å²) in [5.41, 5.74) is 2.97. The van der Waals surface area contributed by atoms with Crippen LogP contribution in [0.15, 0.2) is 53.5 Å². The Balaban J connectivity index is 1.99. The molecule has 0 radical (unpaired) electrons. The summed E-state index contributed by atoms with van der Waals surface area (Å²) in [5.74, 6) is 0.949. The number of imidazole rings is 1. The number of phenolic OH excluding ortho intramolecular Hbond substituents is 1. The van der Waals surface area contributed by atoms with Gasteiger partial charge in [0.25, 0.3) is 0 Å². The SMILES string of the molecule is CCn1c(/N=C/c2ccc(O)cc2)nc2ccccc21. The molecule has 1 heterocycles. The van der Waals surface area contributed by atoms with Crippen LogP contribution in [-0.4, -0.2) is 20.9 Å². The molecule has 4 heteroatoms. The van der Waals surface area contributed by atoms with E-state index >= 15 is 0 Å². The first-order valence-electron chi connectivity index (χ1n) is 6.56. The molecule has 0 bridgehead atoms. The lowest BCUT2D eigenvalue weighted by molar-refractivity contribution is 0.475. The van der Waals surface area contributed by atoms with Crippen molar-refractivity contribution in [1.82, 2.24) is 9.55 Å². The quantitative estimate of drug-likeness (QED) is 0.737. The second kappa shape index (κ2) is 5.17. The van der Waals surface area contributed by atoms with Crippen molar-refractivity contribution in [3.8, 4) is 5.75 Å². The first kappa shape index (κ1) is 12.4. The van der Waals surface area contributed by atoms with Crippen molar-refractivity contribution >= 4 is 23.2 Å². The van der Waals surface area contributed by atoms with Crippen LogP contribution in [0, 0.1) is 0 Å². The van der Waals surface area contributed by atoms with Gasteiger partial charge in [-0.25, -0.2) is 9.98 Å². The highest BCUT2D eigenvalue weighted by atomic mass is 16.3. The molecule has 100 valence electrons. The zero-order chi connectivity index (χ0) is 13.9. The Labute approximate surface area is 117 Å². The molecule has 0 atom stereocenters. The summed E-state index contributed by atoms with van der Waals surface area (Å²) in [7, 11) is 0. The predicted octanol–water partition coefficient (Wildman–Crippen LogP) is 3.51. The second-order valence-electron chi connectivity index (χ2n) is 4.49. The predicted molar refractivity (Wildman–Crippen MR) is 80.8 cm³/mol. The van der Waals surface area contributed by atoms with Gasteiger partial charge in [0.2, 0.25) is 5.95 Å². The first-order valence-corrected chi connectivity index (χ1v) is 6.56. The van der Waals surface area contributed by atoms with Crippen LogP contribution in [0.2, 0.25) is 0 Å². The number of rotatable bonds is 3. The van der Waals surface area contributed by atoms with E-state index in [4.69, 9.17) is 0 Å². The summed E-state index contributed by atoms with van der Waals surface area (Å²) in [4.78, 5) is 8.99. The summed E-state index contributed by atoms with van der Waals surface area (Å²) in [6, 6.07) is 14.9. The van der Waals surface area contributed by atoms with Crippen molar-refractivity contribution in [2.45, 2.75) is 13.5 Å². The molecule has 0 aliphatic heterocycles. The number of aryl methyl sites for hydroxylation is 1. The molecule has 0 amide bonds. The number of benzene rings is 2. The molecule has 20 heavy (non-hydrogen) atoms. The Morgan fingerprint density at radius 3 is 2.65 bits per heavy atom. The van der Waals surface area contributed by atoms with Crippen molar-refractivity contribution in [3.05, 3.63) is 54.1 Å². The fraction of sp³-hybridized carbons (Fsp3) is 0.125. The molecule has 1 N–H and O–H groups in total. The van der Waals surface area contributed by atoms with Crippen LogP contribution in [-0.2, 0) is 6.54 Å². The smallest absolute Gasteiger partial charge is 0.230 e. The summed E-state index contributed by atoms with van der Waals surface area (Å²) in [5, 5.41) is 9.26. The summed E-state index contributed by atoms with van der Waals surface area (Å²) >= 11 is 0. The summed E-state index contributed by atoms with van der Waals surface area (Å²) in [6.45, 7) is 2.90. The van der Waals surface area contributed by atoms with E-state index in [9.17, 15) is 5.11 Å². The van der Waals surface area contributed by atoms with Gasteiger partial charge >= 0.3 is 0 Å². The van der Waals surface area contributed by atoms with Gasteiger partial charge in [-0.2, -0.15) is 0 Å². The number of aromatic hydroxyl groups is 1. The van der Waals surface area contributed by atoms with Gasteiger partial charge < -0.3 is 9.67 Å². The average Bonchev–Trinajstić information content (AvgIpc) is 2.84. The number of aliphatic imine (C=N–C) groups is 1. The third kappa shape index (κ3) is 2.28. The fourth-order valence-corrected chi connectivity index (χ4v) is 2.17. The van der Waals surface area contributed by atoms with E-state index in [2.05, 4.69) is 21.5 Å². The van der Waals surface area contributed by atoms with Crippen molar-refractivity contribution in [3.63, 3.8) is 0 Å². The monoisotopic (exact) mass is 265 g/mol. The van der Waals surface area contributed by atoms with Gasteiger partial charge in [0.1, 0.15) is 5.75 Å². The molecule has 3 rings (SSSR count). The van der Waals surface area contributed by atoms with Gasteiger partial charge in [0, 0.05) is 12.8 Å². The lowest BCUT2D eigenvalue weighted by Crippen LogP contribution is -1.93. The number of hydrogen-bond acceptors (Lipinski definition) is 3. The Morgan fingerprint density at radius 1 is 1.15 bits per heavy atom. The molecule has 0 aliphatic carbocycles. The Bertz CT molecular complexity index is 757. The first-order chi connectivity index (χ1) is 9.78. The molecular formula is C16H15N3O. The van der Waals surface area contributed by atoms with Gasteiger partial charge in [-0.1, -0.05) is 12.1 Å². The summed E-state index contributed by atoms with van der Waals surface area (Å²) < 4.78 is 2.08. The molecular weight excluding hydrogens is 250 g/mol. The van der Waals surface area contributed by atoms with Crippen LogP contribution in [0.25, 0.3) is 11.0 Å². The van der Waals surface area contributed by atoms with E-state index in [0.717, 1.165) is 23.1 Å². The number of para-hydroxylation sites is 2. The highest BCUT2D eigenvalue weighted by Gasteiger charge is 2.06. The lowest BCUT2D eigenvalue weighted by Gasteiger charge is -2.01. The number of fused-ring (bicyclic) bond motifs is 1. The Hall–Kier alpha value is -2.62. The van der Waals surface area contributed by atoms with Crippen LogP contribution < -0.4 is 0 Å². The maximum atomic E-state index is 9.26. The normalized spacial score (nSPS) is 11.4. The van der Waals surface area contributed by atoms with Crippen LogP contribution in [0.5, 0.6) is 5.75 Å². The minimum Gasteiger partial charge on any atom is -0.508 e. The van der Waals surface area contributed by atoms with E-state index in [1.54, 1.807) is 18.3 Å². The van der Waals surface area contributed by atoms with E-state index in [0.29, 0.717) is 5.95 Å². The number of phenols is 1. The lowest BCUT2D eigenvalue weighted by atomic mass is 10.2. The average molecular weight is 265 g/mol. The molecule has 0 saturated carbocycles. The highest BCUT2D eigenvalue weighted by Crippen LogP contribution is 2.21. The fourth-order valence-electron chi connectivity index (χ4n) is 2.17. The standard InChI is InChI=1S/C16H15N3O/c1-2-19-15-6-4-3-5-14(15)18-16(19)17-11-12-7-9-13(20)10-8-12/h3-11,20H,2H2,1H3/b17-11+. The maximum absolute atomic E-state index is 9.26. The number of aromatic nitrogens is 2. The molecule has 0 fully saturated rings. The second-order valence-corrected chi connectivity index (χ2v) is 4.49. The van der Waals surface area contributed by atoms with Crippen LogP contribution in [0.3, 0.4) is 0 Å². The third-order valence-electron chi connectivity index (χ3n) is 3.17. The highest BCUT2D eigenvalue weighted by molar-refractivity contribution is 5.83. The zero-order valence-electron chi connectivity index (χ0n) is 11.2. The van der Waals surface area contributed by atoms with E-state index < -0.39 is 0 Å². The van der Waals surface area contributed by atoms with Crippen molar-refractivity contribution in [1.29, 1.82) is 0 Å². The van der Waals surface area contributed by atoms with Gasteiger partial charge in [-0.3, -0.25) is 0 Å². The molecule has 4 nitrogen and oxygen atoms in total. The molecule has 0 unspecified atom stereocenters. The van der Waals surface area contributed by atoms with E-state index in [1.165, 1.54) is 0 Å². The minimum absolute atomic E-state index is 0.253. The van der Waals surface area contributed by atoms with Gasteiger partial charge in [0.15, 0.2) is 0 Å². The number of nitrogens with zero attached hydrogens (tertiary/aromatic N) is 3. The van der Waals surface area contributed by atoms with Crippen molar-refractivity contribution in [2.75, 3.05) is 0 Å². The third-order valence-corrected chi connectivity index (χ3v) is 3.17. The van der Waals surface area contributed by atoms with Crippen molar-refractivity contribution < 1.29 is 5.11 Å². The Morgan fingerprint density at radius 2 is 1.90 bits per heavy atom. The van der Waals surface area contributed by atoms with Gasteiger partial charge in [0.05, 0.1) is 11.0 Å². The van der Waals surface area contributed by atoms with Crippen LogP contribution >= 0.6 is 0 Å². The molecule has 0 spiro atoms. The van der Waals surface area contributed by atoms with E-state index in [-0.39, 0.29) is 5.75 Å². The van der Waals surface area contributed by atoms with Crippen LogP contribution in [0.1, 0.15) is 12.5 Å². The minimum atomic E-state index is 0.253. The van der Waals surface area contributed by atoms with Crippen LogP contribution in [0.4, 0.5) is 5.95 Å². The molecule has 0 aliphatic rings. The number of hydrogen-bond donors (Lipinski definition) is 1. The molecule has 0 saturated heterocycles. The van der Waals surface area contributed by atoms with Gasteiger partial charge in [-0.05, 0) is 48.9 Å². The van der Waals surface area contributed by atoms with Crippen molar-refractivity contribution in [2.24, 2.45) is 4.99 Å². The summed E-state index contributed by atoms with van der Waals surface area (Å²) in [6.07, 6.45) is 1.76.